The molecule has 0 unspecified atom stereocenters. The third-order valence-corrected chi connectivity index (χ3v) is 8.37. The van der Waals surface area contributed by atoms with Crippen LogP contribution >= 0.6 is 23.2 Å². The van der Waals surface area contributed by atoms with Crippen molar-refractivity contribution in [2.45, 2.75) is 0 Å². The maximum Gasteiger partial charge on any atom is 0.0803 e. The number of hydrogen-bond donors (Lipinski definition) is 0. The van der Waals surface area contributed by atoms with Crippen molar-refractivity contribution in [1.29, 1.82) is 0 Å². The highest BCUT2D eigenvalue weighted by Crippen LogP contribution is 2.39. The summed E-state index contributed by atoms with van der Waals surface area (Å²) in [6.45, 7) is 5.93. The lowest BCUT2D eigenvalue weighted by Gasteiger charge is -2.60. The van der Waals surface area contributed by atoms with Crippen LogP contribution in [0.4, 0.5) is 0 Å². The zero-order valence-electron chi connectivity index (χ0n) is 19.7. The molecule has 7 heteroatoms. The Bertz CT molecular complexity index is 1470. The maximum atomic E-state index is 6.47. The van der Waals surface area contributed by atoms with Crippen molar-refractivity contribution in [3.05, 3.63) is 94.0 Å². The number of halogens is 2. The van der Waals surface area contributed by atoms with Gasteiger partial charge >= 0.3 is 0 Å². The van der Waals surface area contributed by atoms with Crippen molar-refractivity contribution >= 4 is 56.7 Å². The largest absolute Gasteiger partial charge is 0.276 e. The van der Waals surface area contributed by atoms with E-state index in [9.17, 15) is 0 Å². The molecule has 0 aromatic heterocycles. The summed E-state index contributed by atoms with van der Waals surface area (Å²) in [5.41, 5.74) is 2.91. The lowest BCUT2D eigenvalue weighted by molar-refractivity contribution is -0.149. The first kappa shape index (κ1) is 22.4. The van der Waals surface area contributed by atoms with Gasteiger partial charge in [-0.15, -0.1) is 0 Å². The number of rotatable bonds is 4. The third-order valence-electron chi connectivity index (χ3n) is 7.63. The molecule has 0 saturated carbocycles. The molecule has 4 aliphatic rings. The minimum atomic E-state index is -0.135. The molecule has 4 fully saturated rings. The summed E-state index contributed by atoms with van der Waals surface area (Å²) in [5.74, 6) is 0. The molecule has 0 N–H and O–H groups in total. The first-order valence-corrected chi connectivity index (χ1v) is 13.0. The molecule has 4 aliphatic heterocycles. The summed E-state index contributed by atoms with van der Waals surface area (Å²) in [7, 11) is 0. The molecule has 180 valence electrons. The van der Waals surface area contributed by atoms with Crippen LogP contribution in [-0.2, 0) is 0 Å². The van der Waals surface area contributed by atoms with Crippen LogP contribution in [0.3, 0.4) is 0 Å². The minimum Gasteiger partial charge on any atom is -0.276 e. The first-order valence-electron chi connectivity index (χ1n) is 12.2. The maximum absolute atomic E-state index is 6.47. The van der Waals surface area contributed by atoms with Crippen LogP contribution in [0.2, 0.25) is 10.0 Å². The van der Waals surface area contributed by atoms with E-state index in [4.69, 9.17) is 33.4 Å². The predicted molar refractivity (Wildman–Crippen MR) is 149 cm³/mol. The zero-order valence-corrected chi connectivity index (χ0v) is 21.3. The van der Waals surface area contributed by atoms with Gasteiger partial charge in [-0.25, -0.2) is 0 Å². The van der Waals surface area contributed by atoms with Gasteiger partial charge in [-0.2, -0.15) is 10.2 Å². The summed E-state index contributed by atoms with van der Waals surface area (Å²) in [6, 6.07) is 25.0. The zero-order chi connectivity index (χ0) is 24.3. The molecular weight excluding hydrogens is 489 g/mol. The van der Waals surface area contributed by atoms with Gasteiger partial charge in [0, 0.05) is 30.8 Å². The van der Waals surface area contributed by atoms with Crippen molar-refractivity contribution < 1.29 is 0 Å². The lowest BCUT2D eigenvalue weighted by Crippen LogP contribution is -2.74. The van der Waals surface area contributed by atoms with Crippen LogP contribution in [0.25, 0.3) is 21.5 Å². The Kier molecular flexibility index (Phi) is 5.38. The molecule has 36 heavy (non-hydrogen) atoms. The molecule has 0 amide bonds. The fraction of sp³-hybridized carbons (Fsp3) is 0.241. The van der Waals surface area contributed by atoms with Gasteiger partial charge in [0.1, 0.15) is 0 Å². The predicted octanol–water partition coefficient (Wildman–Crippen LogP) is 5.93. The molecule has 4 aromatic carbocycles. The first-order chi connectivity index (χ1) is 17.6. The van der Waals surface area contributed by atoms with Crippen molar-refractivity contribution in [1.82, 2.24) is 14.7 Å². The number of fused-ring (bicyclic) bond motifs is 2. The molecule has 4 heterocycles. The Balaban J connectivity index is 1.38. The van der Waals surface area contributed by atoms with Crippen molar-refractivity contribution in [2.24, 2.45) is 15.6 Å². The Morgan fingerprint density at radius 1 is 0.722 bits per heavy atom. The van der Waals surface area contributed by atoms with Crippen LogP contribution < -0.4 is 0 Å². The molecule has 0 atom stereocenters. The SMILES string of the molecule is Clc1ccc(/C(=N\N=C/c2c3ccccc3cc3ccccc23)C23CN4CN(CN(C4)C2)C3)cc1Cl. The normalized spacial score (nSPS) is 27.5. The Hall–Kier alpha value is -2.80. The third kappa shape index (κ3) is 3.74. The van der Waals surface area contributed by atoms with E-state index in [0.29, 0.717) is 10.0 Å². The molecular formula is C29H25Cl2N5. The van der Waals surface area contributed by atoms with E-state index in [0.717, 1.165) is 56.5 Å². The molecule has 0 aliphatic carbocycles. The van der Waals surface area contributed by atoms with E-state index in [1.807, 2.05) is 24.4 Å². The molecule has 4 aromatic rings. The molecule has 0 radical (unpaired) electrons. The fourth-order valence-corrected chi connectivity index (χ4v) is 6.69. The van der Waals surface area contributed by atoms with E-state index in [1.165, 1.54) is 21.5 Å². The second kappa shape index (κ2) is 8.65. The van der Waals surface area contributed by atoms with Crippen molar-refractivity contribution in [3.63, 3.8) is 0 Å². The topological polar surface area (TPSA) is 34.4 Å². The van der Waals surface area contributed by atoms with Crippen LogP contribution in [0, 0.1) is 5.41 Å². The van der Waals surface area contributed by atoms with E-state index >= 15 is 0 Å². The number of hydrogen-bond acceptors (Lipinski definition) is 5. The van der Waals surface area contributed by atoms with E-state index < -0.39 is 0 Å². The molecule has 0 spiro atoms. The minimum absolute atomic E-state index is 0.135. The fourth-order valence-electron chi connectivity index (χ4n) is 6.39. The summed E-state index contributed by atoms with van der Waals surface area (Å²) >= 11 is 12.7. The Morgan fingerprint density at radius 2 is 1.31 bits per heavy atom. The van der Waals surface area contributed by atoms with E-state index in [-0.39, 0.29) is 5.41 Å². The number of benzene rings is 4. The van der Waals surface area contributed by atoms with Crippen molar-refractivity contribution in [2.75, 3.05) is 39.6 Å². The molecule has 5 nitrogen and oxygen atoms in total. The van der Waals surface area contributed by atoms with Gasteiger partial charge in [-0.05, 0) is 39.7 Å². The van der Waals surface area contributed by atoms with Gasteiger partial charge in [0.25, 0.3) is 0 Å². The average Bonchev–Trinajstić information content (AvgIpc) is 2.87. The van der Waals surface area contributed by atoms with Gasteiger partial charge in [0.2, 0.25) is 0 Å². The second-order valence-corrected chi connectivity index (χ2v) is 11.1. The molecule has 4 saturated heterocycles. The summed E-state index contributed by atoms with van der Waals surface area (Å²) < 4.78 is 0. The quantitative estimate of drug-likeness (QED) is 0.192. The highest BCUT2D eigenvalue weighted by Gasteiger charge is 2.52. The Morgan fingerprint density at radius 3 is 1.89 bits per heavy atom. The van der Waals surface area contributed by atoms with Gasteiger partial charge in [-0.3, -0.25) is 14.7 Å². The van der Waals surface area contributed by atoms with Crippen LogP contribution in [0.15, 0.2) is 83.0 Å². The second-order valence-electron chi connectivity index (χ2n) is 10.2. The average molecular weight is 514 g/mol. The monoisotopic (exact) mass is 513 g/mol. The Labute approximate surface area is 220 Å². The van der Waals surface area contributed by atoms with Gasteiger partial charge in [-0.1, -0.05) is 77.8 Å². The van der Waals surface area contributed by atoms with E-state index in [2.05, 4.69) is 69.3 Å². The lowest BCUT2D eigenvalue weighted by atomic mass is 9.74. The standard InChI is InChI=1S/C29H25Cl2N5/c30-26-10-9-22(12-27(26)31)28(29-14-34-17-35(15-29)19-36(16-29)18-34)33-32-13-25-23-7-3-1-5-20(23)11-21-6-2-4-8-24(21)25/h1-13H,14-19H2/b32-13-,33-28+. The molecule has 8 rings (SSSR count). The highest BCUT2D eigenvalue weighted by atomic mass is 35.5. The summed E-state index contributed by atoms with van der Waals surface area (Å²) in [5, 5.41) is 15.5. The van der Waals surface area contributed by atoms with E-state index in [1.54, 1.807) is 0 Å². The smallest absolute Gasteiger partial charge is 0.0803 e. The van der Waals surface area contributed by atoms with Gasteiger partial charge in [0.05, 0.1) is 47.4 Å². The van der Waals surface area contributed by atoms with Gasteiger partial charge in [0.15, 0.2) is 0 Å². The summed E-state index contributed by atoms with van der Waals surface area (Å²) in [4.78, 5) is 7.47. The van der Waals surface area contributed by atoms with Gasteiger partial charge < -0.3 is 0 Å². The number of nitrogens with zero attached hydrogens (tertiary/aromatic N) is 5. The summed E-state index contributed by atoms with van der Waals surface area (Å²) in [6.07, 6.45) is 1.92. The van der Waals surface area contributed by atoms with Crippen LogP contribution in [0.1, 0.15) is 11.1 Å². The molecule has 4 bridgehead atoms. The highest BCUT2D eigenvalue weighted by molar-refractivity contribution is 6.42. The van der Waals surface area contributed by atoms with Crippen molar-refractivity contribution in [3.8, 4) is 0 Å². The van der Waals surface area contributed by atoms with Crippen LogP contribution in [0.5, 0.6) is 0 Å². The van der Waals surface area contributed by atoms with Crippen LogP contribution in [-0.4, -0.2) is 66.3 Å².